The maximum atomic E-state index is 13.6. The van der Waals surface area contributed by atoms with Gasteiger partial charge in [-0.15, -0.1) is 0 Å². The molecule has 0 unspecified atom stereocenters. The Labute approximate surface area is 236 Å². The third-order valence-corrected chi connectivity index (χ3v) is 7.16. The van der Waals surface area contributed by atoms with Crippen LogP contribution in [-0.4, -0.2) is 66.1 Å². The summed E-state index contributed by atoms with van der Waals surface area (Å²) in [5.41, 5.74) is 12.3. The summed E-state index contributed by atoms with van der Waals surface area (Å²) in [6, 6.07) is 12.1. The van der Waals surface area contributed by atoms with Crippen LogP contribution < -0.4 is 16.8 Å². The van der Waals surface area contributed by atoms with E-state index in [9.17, 15) is 18.0 Å². The van der Waals surface area contributed by atoms with E-state index in [0.29, 0.717) is 35.5 Å². The number of hydrogen-bond donors (Lipinski definition) is 4. The molecule has 0 saturated carbocycles. The molecule has 1 amide bonds. The first kappa shape index (κ1) is 29.9. The second kappa shape index (κ2) is 13.1. The third-order valence-electron chi connectivity index (χ3n) is 7.16. The normalized spacial score (nSPS) is 14.6. The summed E-state index contributed by atoms with van der Waals surface area (Å²) in [6.45, 7) is 5.44. The summed E-state index contributed by atoms with van der Waals surface area (Å²) in [6.07, 6.45) is -1.99. The summed E-state index contributed by atoms with van der Waals surface area (Å²) in [7, 11) is 0. The van der Waals surface area contributed by atoms with E-state index in [1.165, 1.54) is 12.1 Å². The molecule has 0 atom stereocenters. The number of carbonyl (C=O) groups is 1. The van der Waals surface area contributed by atoms with Crippen molar-refractivity contribution in [3.05, 3.63) is 70.9 Å². The molecule has 0 bridgehead atoms. The highest BCUT2D eigenvalue weighted by Crippen LogP contribution is 2.30. The van der Waals surface area contributed by atoms with E-state index in [0.717, 1.165) is 56.4 Å². The van der Waals surface area contributed by atoms with Crippen LogP contribution in [0.15, 0.2) is 53.5 Å². The molecule has 1 saturated heterocycles. The third kappa shape index (κ3) is 7.78. The maximum Gasteiger partial charge on any atom is 0.416 e. The lowest BCUT2D eigenvalue weighted by Crippen LogP contribution is -2.45. The number of nitrogens with zero attached hydrogens (tertiary/aromatic N) is 3. The molecule has 1 fully saturated rings. The summed E-state index contributed by atoms with van der Waals surface area (Å²) in [5, 5.41) is 12.1. The number of guanidine groups is 1. The van der Waals surface area contributed by atoms with Gasteiger partial charge < -0.3 is 31.0 Å². The van der Waals surface area contributed by atoms with Crippen molar-refractivity contribution in [1.82, 2.24) is 14.8 Å². The number of fused-ring (bicyclic) bond motifs is 1. The Bertz CT molecular complexity index is 1390. The Hall–Kier alpha value is -4.06. The van der Waals surface area contributed by atoms with E-state index >= 15 is 0 Å². The van der Waals surface area contributed by atoms with Crippen LogP contribution in [0.2, 0.25) is 0 Å². The quantitative estimate of drug-likeness (QED) is 0.166. The fourth-order valence-corrected chi connectivity index (χ4v) is 5.03. The van der Waals surface area contributed by atoms with Crippen molar-refractivity contribution in [3.63, 3.8) is 0 Å². The van der Waals surface area contributed by atoms with Crippen LogP contribution in [0.4, 0.5) is 13.2 Å². The number of rotatable bonds is 10. The number of piperidine rings is 1. The fraction of sp³-hybridized carbons (Fsp3) is 0.414. The first-order valence-electron chi connectivity index (χ1n) is 13.6. The van der Waals surface area contributed by atoms with Crippen molar-refractivity contribution in [1.29, 1.82) is 5.41 Å². The van der Waals surface area contributed by atoms with Crippen LogP contribution in [0.3, 0.4) is 0 Å². The number of amides is 1. The molecule has 1 aromatic heterocycles. The number of aromatic nitrogens is 1. The average Bonchev–Trinajstić information content (AvgIpc) is 3.29. The van der Waals surface area contributed by atoms with Crippen LogP contribution in [0.5, 0.6) is 0 Å². The zero-order valence-electron chi connectivity index (χ0n) is 23.0. The number of benzene rings is 2. The van der Waals surface area contributed by atoms with Crippen LogP contribution >= 0.6 is 0 Å². The van der Waals surface area contributed by atoms with Crippen LogP contribution in [-0.2, 0) is 17.5 Å². The Kier molecular flexibility index (Phi) is 9.53. The largest absolute Gasteiger partial charge is 0.478 e. The number of carbonyl (C=O) groups excluding carboxylic acids is 1. The van der Waals surface area contributed by atoms with Gasteiger partial charge in [0.05, 0.1) is 12.2 Å². The number of halogens is 3. The van der Waals surface area contributed by atoms with Crippen molar-refractivity contribution in [2.45, 2.75) is 44.9 Å². The zero-order valence-corrected chi connectivity index (χ0v) is 23.0. The summed E-state index contributed by atoms with van der Waals surface area (Å²) >= 11 is 0. The fourth-order valence-electron chi connectivity index (χ4n) is 5.03. The van der Waals surface area contributed by atoms with Gasteiger partial charge in [0, 0.05) is 48.7 Å². The van der Waals surface area contributed by atoms with Crippen molar-refractivity contribution in [2.24, 2.45) is 16.5 Å². The van der Waals surface area contributed by atoms with E-state index in [-0.39, 0.29) is 30.4 Å². The minimum absolute atomic E-state index is 0.00400. The first-order valence-corrected chi connectivity index (χ1v) is 13.6. The van der Waals surface area contributed by atoms with E-state index in [1.54, 1.807) is 29.7 Å². The molecule has 1 aliphatic rings. The molecule has 0 radical (unpaired) electrons. The minimum atomic E-state index is -4.43. The number of nitrogens with one attached hydrogen (secondary N) is 2. The monoisotopic (exact) mass is 571 g/mol. The molecule has 0 aliphatic carbocycles. The lowest BCUT2D eigenvalue weighted by molar-refractivity contribution is -0.137. The highest BCUT2D eigenvalue weighted by atomic mass is 19.4. The average molecular weight is 572 g/mol. The van der Waals surface area contributed by atoms with Gasteiger partial charge in [-0.05, 0) is 68.6 Å². The SMILES string of the molecule is CCOC(=N)c1ccc2cc(C(=O)NC3CCN(CCCN=C(N)N)CC3)n(Cc3ccc(C(F)(F)F)cc3)c2c1. The lowest BCUT2D eigenvalue weighted by atomic mass is 10.0. The highest BCUT2D eigenvalue weighted by Gasteiger charge is 2.30. The maximum absolute atomic E-state index is 13.6. The molecular formula is C29H36F3N7O2. The molecule has 41 heavy (non-hydrogen) atoms. The molecule has 2 heterocycles. The number of alkyl halides is 3. The predicted octanol–water partition coefficient (Wildman–Crippen LogP) is 3.93. The molecule has 2 aromatic carbocycles. The van der Waals surface area contributed by atoms with Gasteiger partial charge in [0.15, 0.2) is 5.96 Å². The molecule has 1 aliphatic heterocycles. The van der Waals surface area contributed by atoms with Gasteiger partial charge >= 0.3 is 6.18 Å². The second-order valence-corrected chi connectivity index (χ2v) is 10.1. The number of likely N-dealkylation sites (tertiary alicyclic amines) is 1. The van der Waals surface area contributed by atoms with Crippen molar-refractivity contribution < 1.29 is 22.7 Å². The van der Waals surface area contributed by atoms with Crippen LogP contribution in [0.1, 0.15) is 53.4 Å². The van der Waals surface area contributed by atoms with Crippen LogP contribution in [0.25, 0.3) is 10.9 Å². The molecule has 6 N–H and O–H groups in total. The smallest absolute Gasteiger partial charge is 0.416 e. The Balaban J connectivity index is 1.53. The molecule has 4 rings (SSSR count). The predicted molar refractivity (Wildman–Crippen MR) is 153 cm³/mol. The van der Waals surface area contributed by atoms with Crippen molar-refractivity contribution in [3.8, 4) is 0 Å². The Morgan fingerprint density at radius 2 is 1.83 bits per heavy atom. The van der Waals surface area contributed by atoms with Gasteiger partial charge in [0.25, 0.3) is 5.91 Å². The van der Waals surface area contributed by atoms with E-state index < -0.39 is 11.7 Å². The lowest BCUT2D eigenvalue weighted by Gasteiger charge is -2.32. The Morgan fingerprint density at radius 1 is 1.12 bits per heavy atom. The van der Waals surface area contributed by atoms with Crippen LogP contribution in [0, 0.1) is 5.41 Å². The molecule has 9 nitrogen and oxygen atoms in total. The van der Waals surface area contributed by atoms with Gasteiger partial charge in [-0.3, -0.25) is 15.2 Å². The van der Waals surface area contributed by atoms with E-state index in [2.05, 4.69) is 15.2 Å². The first-order chi connectivity index (χ1) is 19.5. The number of nitrogens with two attached hydrogens (primary N) is 2. The second-order valence-electron chi connectivity index (χ2n) is 10.1. The summed E-state index contributed by atoms with van der Waals surface area (Å²) in [4.78, 5) is 19.9. The number of ether oxygens (including phenoxy) is 1. The number of aliphatic imine (C=N–C) groups is 1. The zero-order chi connectivity index (χ0) is 29.6. The summed E-state index contributed by atoms with van der Waals surface area (Å²) < 4.78 is 46.5. The van der Waals surface area contributed by atoms with Gasteiger partial charge in [0.1, 0.15) is 5.69 Å². The van der Waals surface area contributed by atoms with Crippen molar-refractivity contribution >= 4 is 28.7 Å². The molecule has 3 aromatic rings. The van der Waals surface area contributed by atoms with E-state index in [1.807, 2.05) is 6.07 Å². The Morgan fingerprint density at radius 3 is 2.46 bits per heavy atom. The highest BCUT2D eigenvalue weighted by molar-refractivity contribution is 6.01. The van der Waals surface area contributed by atoms with Gasteiger partial charge in [-0.1, -0.05) is 18.2 Å². The number of hydrogen-bond acceptors (Lipinski definition) is 5. The van der Waals surface area contributed by atoms with Gasteiger partial charge in [0.2, 0.25) is 5.90 Å². The topological polar surface area (TPSA) is 135 Å². The molecule has 0 spiro atoms. The molecular weight excluding hydrogens is 535 g/mol. The van der Waals surface area contributed by atoms with Crippen molar-refractivity contribution in [2.75, 3.05) is 32.8 Å². The van der Waals surface area contributed by atoms with Gasteiger partial charge in [-0.2, -0.15) is 13.2 Å². The van der Waals surface area contributed by atoms with E-state index in [4.69, 9.17) is 21.6 Å². The minimum Gasteiger partial charge on any atom is -0.478 e. The summed E-state index contributed by atoms with van der Waals surface area (Å²) in [5.74, 6) is -0.153. The molecule has 220 valence electrons. The molecule has 12 heteroatoms. The van der Waals surface area contributed by atoms with Gasteiger partial charge in [-0.25, -0.2) is 0 Å². The standard InChI is InChI=1S/C29H36F3N7O2/c1-2-41-26(33)21-7-6-20-16-25(27(40)37-23-10-14-38(15-11-23)13-3-12-36-28(34)35)39(24(20)17-21)18-19-4-8-22(9-5-19)29(30,31)32/h4-9,16-17,23,33H,2-3,10-15,18H2,1H3,(H,37,40)(H4,34,35,36).